The number of thioether (sulfide) groups is 1. The molecular formula is C18H19N3O4S. The van der Waals surface area contributed by atoms with Crippen LogP contribution >= 0.6 is 11.8 Å². The van der Waals surface area contributed by atoms with E-state index in [1.54, 1.807) is 26.4 Å². The second-order valence-electron chi connectivity index (χ2n) is 5.64. The number of nitrogens with zero attached hydrogens (tertiary/aromatic N) is 2. The van der Waals surface area contributed by atoms with Crippen molar-refractivity contribution in [2.45, 2.75) is 24.9 Å². The Balaban J connectivity index is 1.54. The molecule has 8 heteroatoms. The Labute approximate surface area is 155 Å². The van der Waals surface area contributed by atoms with Crippen LogP contribution in [0.2, 0.25) is 0 Å². The lowest BCUT2D eigenvalue weighted by molar-refractivity contribution is -0.115. The highest BCUT2D eigenvalue weighted by Gasteiger charge is 2.16. The SMILES string of the molecule is COc1ccc(-c2nc(CSC(C)C(=O)Nc3cc(C)on3)co2)cc1. The van der Waals surface area contributed by atoms with Crippen molar-refractivity contribution in [3.63, 3.8) is 0 Å². The molecule has 3 rings (SSSR count). The molecule has 7 nitrogen and oxygen atoms in total. The van der Waals surface area contributed by atoms with Crippen molar-refractivity contribution in [1.82, 2.24) is 10.1 Å². The fourth-order valence-electron chi connectivity index (χ4n) is 2.18. The molecule has 0 radical (unpaired) electrons. The molecule has 0 bridgehead atoms. The lowest BCUT2D eigenvalue weighted by Crippen LogP contribution is -2.22. The van der Waals surface area contributed by atoms with Gasteiger partial charge in [-0.15, -0.1) is 11.8 Å². The third-order valence-corrected chi connectivity index (χ3v) is 4.79. The molecule has 0 spiro atoms. The van der Waals surface area contributed by atoms with Crippen molar-refractivity contribution >= 4 is 23.5 Å². The number of rotatable bonds is 7. The standard InChI is InChI=1S/C18H19N3O4S/c1-11-8-16(21-25-11)20-17(22)12(2)26-10-14-9-24-18(19-14)13-4-6-15(23-3)7-5-13/h4-9,12H,10H2,1-3H3,(H,20,21,22). The van der Waals surface area contributed by atoms with Gasteiger partial charge in [-0.2, -0.15) is 0 Å². The number of ether oxygens (including phenoxy) is 1. The second kappa shape index (κ2) is 8.09. The van der Waals surface area contributed by atoms with Crippen molar-refractivity contribution in [3.05, 3.63) is 48.0 Å². The minimum absolute atomic E-state index is 0.137. The van der Waals surface area contributed by atoms with E-state index in [-0.39, 0.29) is 11.2 Å². The van der Waals surface area contributed by atoms with Gasteiger partial charge in [-0.05, 0) is 38.1 Å². The Morgan fingerprint density at radius 3 is 2.77 bits per heavy atom. The molecule has 0 saturated heterocycles. The average molecular weight is 373 g/mol. The Bertz CT molecular complexity index is 873. The number of methoxy groups -OCH3 is 1. The number of oxazole rings is 1. The summed E-state index contributed by atoms with van der Waals surface area (Å²) in [6.07, 6.45) is 1.61. The predicted octanol–water partition coefficient (Wildman–Crippen LogP) is 3.91. The third-order valence-electron chi connectivity index (χ3n) is 3.62. The summed E-state index contributed by atoms with van der Waals surface area (Å²) < 4.78 is 15.6. The number of aryl methyl sites for hydroxylation is 1. The predicted molar refractivity (Wildman–Crippen MR) is 99.1 cm³/mol. The van der Waals surface area contributed by atoms with Gasteiger partial charge in [0.2, 0.25) is 11.8 Å². The zero-order chi connectivity index (χ0) is 18.5. The summed E-state index contributed by atoms with van der Waals surface area (Å²) in [5.41, 5.74) is 1.65. The lowest BCUT2D eigenvalue weighted by Gasteiger charge is -2.08. The Kier molecular flexibility index (Phi) is 5.62. The monoisotopic (exact) mass is 373 g/mol. The maximum Gasteiger partial charge on any atom is 0.238 e. The average Bonchev–Trinajstić information content (AvgIpc) is 3.28. The van der Waals surface area contributed by atoms with Crippen LogP contribution in [0.25, 0.3) is 11.5 Å². The van der Waals surface area contributed by atoms with Gasteiger partial charge in [-0.3, -0.25) is 4.79 Å². The molecular weight excluding hydrogens is 354 g/mol. The highest BCUT2D eigenvalue weighted by Crippen LogP contribution is 2.24. The van der Waals surface area contributed by atoms with Gasteiger partial charge < -0.3 is 19.0 Å². The number of carbonyl (C=O) groups excluding carboxylic acids is 1. The third kappa shape index (κ3) is 4.45. The first-order valence-corrected chi connectivity index (χ1v) is 9.04. The van der Waals surface area contributed by atoms with E-state index in [2.05, 4.69) is 15.5 Å². The van der Waals surface area contributed by atoms with Gasteiger partial charge in [-0.1, -0.05) is 5.16 Å². The normalized spacial score (nSPS) is 12.0. The summed E-state index contributed by atoms with van der Waals surface area (Å²) in [4.78, 5) is 16.6. The van der Waals surface area contributed by atoms with Gasteiger partial charge in [-0.25, -0.2) is 4.98 Å². The Morgan fingerprint density at radius 1 is 1.35 bits per heavy atom. The maximum atomic E-state index is 12.2. The zero-order valence-electron chi connectivity index (χ0n) is 14.7. The summed E-state index contributed by atoms with van der Waals surface area (Å²) in [5.74, 6) is 2.81. The molecule has 1 amide bonds. The lowest BCUT2D eigenvalue weighted by atomic mass is 10.2. The van der Waals surface area contributed by atoms with E-state index in [1.165, 1.54) is 11.8 Å². The van der Waals surface area contributed by atoms with Crippen molar-refractivity contribution in [3.8, 4) is 17.2 Å². The van der Waals surface area contributed by atoms with Crippen LogP contribution < -0.4 is 10.1 Å². The van der Waals surface area contributed by atoms with Gasteiger partial charge in [0.25, 0.3) is 0 Å². The van der Waals surface area contributed by atoms with Crippen LogP contribution in [0.1, 0.15) is 18.4 Å². The molecule has 0 saturated carbocycles. The molecule has 1 aromatic carbocycles. The summed E-state index contributed by atoms with van der Waals surface area (Å²) in [6.45, 7) is 3.60. The van der Waals surface area contributed by atoms with Crippen LogP contribution in [-0.4, -0.2) is 28.4 Å². The van der Waals surface area contributed by atoms with Crippen LogP contribution in [0.3, 0.4) is 0 Å². The molecule has 1 unspecified atom stereocenters. The first-order valence-electron chi connectivity index (χ1n) is 8.00. The van der Waals surface area contributed by atoms with Gasteiger partial charge in [0.1, 0.15) is 17.8 Å². The molecule has 2 heterocycles. The molecule has 0 aliphatic rings. The molecule has 1 N–H and O–H groups in total. The number of nitrogens with one attached hydrogen (secondary N) is 1. The Morgan fingerprint density at radius 2 is 2.12 bits per heavy atom. The van der Waals surface area contributed by atoms with E-state index in [4.69, 9.17) is 13.7 Å². The summed E-state index contributed by atoms with van der Waals surface area (Å²) in [5, 5.41) is 6.20. The summed E-state index contributed by atoms with van der Waals surface area (Å²) in [7, 11) is 1.62. The molecule has 2 aromatic heterocycles. The number of anilines is 1. The topological polar surface area (TPSA) is 90.4 Å². The van der Waals surface area contributed by atoms with Crippen LogP contribution in [0.15, 0.2) is 45.5 Å². The minimum Gasteiger partial charge on any atom is -0.497 e. The summed E-state index contributed by atoms with van der Waals surface area (Å²) >= 11 is 1.47. The molecule has 136 valence electrons. The van der Waals surface area contributed by atoms with Crippen molar-refractivity contribution < 1.29 is 18.5 Å². The fraction of sp³-hybridized carbons (Fsp3) is 0.278. The first kappa shape index (κ1) is 18.1. The number of hydrogen-bond acceptors (Lipinski definition) is 7. The van der Waals surface area contributed by atoms with Crippen LogP contribution in [0.4, 0.5) is 5.82 Å². The Hall–Kier alpha value is -2.74. The largest absolute Gasteiger partial charge is 0.497 e. The highest BCUT2D eigenvalue weighted by molar-refractivity contribution is 7.99. The number of hydrogen-bond donors (Lipinski definition) is 1. The number of carbonyl (C=O) groups is 1. The molecule has 0 aliphatic heterocycles. The second-order valence-corrected chi connectivity index (χ2v) is 6.97. The van der Waals surface area contributed by atoms with Crippen molar-refractivity contribution in [2.24, 2.45) is 0 Å². The van der Waals surface area contributed by atoms with Gasteiger partial charge >= 0.3 is 0 Å². The van der Waals surface area contributed by atoms with E-state index in [0.29, 0.717) is 23.2 Å². The van der Waals surface area contributed by atoms with E-state index in [1.807, 2.05) is 31.2 Å². The number of amides is 1. The highest BCUT2D eigenvalue weighted by atomic mass is 32.2. The zero-order valence-corrected chi connectivity index (χ0v) is 15.5. The van der Waals surface area contributed by atoms with E-state index in [9.17, 15) is 4.79 Å². The maximum absolute atomic E-state index is 12.2. The minimum atomic E-state index is -0.270. The fourth-order valence-corrected chi connectivity index (χ4v) is 2.94. The van der Waals surface area contributed by atoms with Crippen molar-refractivity contribution in [1.29, 1.82) is 0 Å². The first-order chi connectivity index (χ1) is 12.5. The number of aromatic nitrogens is 2. The smallest absolute Gasteiger partial charge is 0.238 e. The van der Waals surface area contributed by atoms with Crippen molar-refractivity contribution in [2.75, 3.05) is 12.4 Å². The molecule has 26 heavy (non-hydrogen) atoms. The van der Waals surface area contributed by atoms with Crippen LogP contribution in [-0.2, 0) is 10.5 Å². The molecule has 1 atom stereocenters. The van der Waals surface area contributed by atoms with Gasteiger partial charge in [0.05, 0.1) is 18.1 Å². The van der Waals surface area contributed by atoms with Crippen LogP contribution in [0.5, 0.6) is 5.75 Å². The van der Waals surface area contributed by atoms with Crippen LogP contribution in [0, 0.1) is 6.92 Å². The van der Waals surface area contributed by atoms with E-state index in [0.717, 1.165) is 17.0 Å². The van der Waals surface area contributed by atoms with Gasteiger partial charge in [0, 0.05) is 17.4 Å². The summed E-state index contributed by atoms with van der Waals surface area (Å²) in [6, 6.07) is 9.15. The molecule has 0 aliphatic carbocycles. The molecule has 3 aromatic rings. The van der Waals surface area contributed by atoms with E-state index >= 15 is 0 Å². The van der Waals surface area contributed by atoms with E-state index < -0.39 is 0 Å². The number of benzene rings is 1. The van der Waals surface area contributed by atoms with Gasteiger partial charge in [0.15, 0.2) is 5.82 Å². The quantitative estimate of drug-likeness (QED) is 0.671. The molecule has 0 fully saturated rings.